The molecule has 1 aromatic rings. The van der Waals surface area contributed by atoms with Crippen molar-refractivity contribution in [3.63, 3.8) is 0 Å². The minimum absolute atomic E-state index is 0.134. The first kappa shape index (κ1) is 18.2. The zero-order valence-corrected chi connectivity index (χ0v) is 14.4. The number of halogens is 2. The molecule has 1 rings (SSSR count). The second-order valence-electron chi connectivity index (χ2n) is 5.56. The largest absolute Gasteiger partial charge is 0.444 e. The lowest BCUT2D eigenvalue weighted by atomic mass is 10.0. The van der Waals surface area contributed by atoms with Crippen LogP contribution in [0.4, 0.5) is 4.79 Å². The Labute approximate surface area is 137 Å². The Bertz CT molecular complexity index is 504. The maximum Gasteiger partial charge on any atom is 0.407 e. The van der Waals surface area contributed by atoms with Crippen LogP contribution in [-0.2, 0) is 4.74 Å². The molecule has 0 aromatic heterocycles. The normalized spacial score (nSPS) is 14.4. The third kappa shape index (κ3) is 6.22. The van der Waals surface area contributed by atoms with Crippen molar-refractivity contribution in [3.05, 3.63) is 33.3 Å². The quantitative estimate of drug-likeness (QED) is 0.750. The Morgan fingerprint density at radius 3 is 2.57 bits per heavy atom. The number of benzene rings is 1. The molecule has 1 amide bonds. The molecule has 0 bridgehead atoms. The maximum atomic E-state index is 11.5. The number of nitrogens with one attached hydrogen (secondary N) is 1. The number of carbonyl (C=O) groups excluding carboxylic acids is 1. The lowest BCUT2D eigenvalue weighted by Gasteiger charge is -2.22. The molecular formula is C14H19BrClNO4. The van der Waals surface area contributed by atoms with Crippen LogP contribution in [0.25, 0.3) is 0 Å². The van der Waals surface area contributed by atoms with Crippen molar-refractivity contribution in [2.45, 2.75) is 38.6 Å². The predicted molar refractivity (Wildman–Crippen MR) is 84.4 cm³/mol. The Morgan fingerprint density at radius 1 is 1.43 bits per heavy atom. The highest BCUT2D eigenvalue weighted by molar-refractivity contribution is 9.10. The van der Waals surface area contributed by atoms with Crippen molar-refractivity contribution >= 4 is 33.6 Å². The first-order valence-electron chi connectivity index (χ1n) is 6.38. The van der Waals surface area contributed by atoms with E-state index >= 15 is 0 Å². The smallest absolute Gasteiger partial charge is 0.407 e. The fourth-order valence-electron chi connectivity index (χ4n) is 1.56. The maximum absolute atomic E-state index is 11.5. The second kappa shape index (κ2) is 7.45. The van der Waals surface area contributed by atoms with Crippen molar-refractivity contribution < 1.29 is 19.7 Å². The molecule has 0 saturated carbocycles. The SMILES string of the molecule is CC(C)(C)OC(=O)NCC(O)C(O)c1ccc(Cl)cc1Br. The molecule has 0 saturated heterocycles. The van der Waals surface area contributed by atoms with Gasteiger partial charge in [0.1, 0.15) is 17.8 Å². The van der Waals surface area contributed by atoms with Crippen LogP contribution in [0.15, 0.2) is 22.7 Å². The van der Waals surface area contributed by atoms with E-state index in [1.807, 2.05) is 0 Å². The average molecular weight is 381 g/mol. The molecule has 2 atom stereocenters. The van der Waals surface area contributed by atoms with Crippen LogP contribution in [0.1, 0.15) is 32.4 Å². The van der Waals surface area contributed by atoms with E-state index in [2.05, 4.69) is 21.2 Å². The van der Waals surface area contributed by atoms with Crippen LogP contribution < -0.4 is 5.32 Å². The van der Waals surface area contributed by atoms with Crippen molar-refractivity contribution in [2.24, 2.45) is 0 Å². The summed E-state index contributed by atoms with van der Waals surface area (Å²) in [5.74, 6) is 0. The van der Waals surface area contributed by atoms with Gasteiger partial charge in [0, 0.05) is 16.0 Å². The van der Waals surface area contributed by atoms with Gasteiger partial charge in [0.2, 0.25) is 0 Å². The van der Waals surface area contributed by atoms with E-state index in [0.717, 1.165) is 0 Å². The van der Waals surface area contributed by atoms with Crippen molar-refractivity contribution in [3.8, 4) is 0 Å². The number of amides is 1. The van der Waals surface area contributed by atoms with Crippen molar-refractivity contribution in [2.75, 3.05) is 6.54 Å². The molecule has 118 valence electrons. The van der Waals surface area contributed by atoms with Gasteiger partial charge in [0.05, 0.1) is 0 Å². The van der Waals surface area contributed by atoms with E-state index in [4.69, 9.17) is 16.3 Å². The van der Waals surface area contributed by atoms with Gasteiger partial charge < -0.3 is 20.3 Å². The minimum Gasteiger partial charge on any atom is -0.444 e. The fourth-order valence-corrected chi connectivity index (χ4v) is 2.48. The Kier molecular flexibility index (Phi) is 6.46. The molecule has 0 aliphatic rings. The topological polar surface area (TPSA) is 78.8 Å². The van der Waals surface area contributed by atoms with E-state index in [9.17, 15) is 15.0 Å². The molecule has 5 nitrogen and oxygen atoms in total. The number of hydrogen-bond donors (Lipinski definition) is 3. The minimum atomic E-state index is -1.17. The first-order valence-corrected chi connectivity index (χ1v) is 7.55. The van der Waals surface area contributed by atoms with Crippen LogP contribution in [0.5, 0.6) is 0 Å². The Hall–Kier alpha value is -0.820. The molecule has 1 aromatic carbocycles. The van der Waals surface area contributed by atoms with E-state index < -0.39 is 23.9 Å². The zero-order chi connectivity index (χ0) is 16.2. The summed E-state index contributed by atoms with van der Waals surface area (Å²) in [6.07, 6.45) is -2.98. The van der Waals surface area contributed by atoms with Crippen molar-refractivity contribution in [1.29, 1.82) is 0 Å². The third-order valence-electron chi connectivity index (χ3n) is 2.50. The molecule has 0 spiro atoms. The summed E-state index contributed by atoms with van der Waals surface area (Å²) in [6.45, 7) is 5.08. The fraction of sp³-hybridized carbons (Fsp3) is 0.500. The monoisotopic (exact) mass is 379 g/mol. The van der Waals surface area contributed by atoms with Gasteiger partial charge in [-0.3, -0.25) is 0 Å². The summed E-state index contributed by atoms with van der Waals surface area (Å²) < 4.78 is 5.63. The van der Waals surface area contributed by atoms with Gasteiger partial charge in [-0.05, 0) is 38.5 Å². The second-order valence-corrected chi connectivity index (χ2v) is 6.85. The number of hydrogen-bond acceptors (Lipinski definition) is 4. The molecule has 0 aliphatic carbocycles. The van der Waals surface area contributed by atoms with Crippen LogP contribution in [0.2, 0.25) is 5.02 Å². The molecular weight excluding hydrogens is 362 g/mol. The zero-order valence-electron chi connectivity index (χ0n) is 12.1. The lowest BCUT2D eigenvalue weighted by molar-refractivity contribution is 0.0126. The van der Waals surface area contributed by atoms with E-state index in [1.165, 1.54) is 0 Å². The van der Waals surface area contributed by atoms with Gasteiger partial charge in [0.15, 0.2) is 0 Å². The Morgan fingerprint density at radius 2 is 2.05 bits per heavy atom. The van der Waals surface area contributed by atoms with Crippen LogP contribution in [0.3, 0.4) is 0 Å². The highest BCUT2D eigenvalue weighted by atomic mass is 79.9. The van der Waals surface area contributed by atoms with Crippen LogP contribution in [0, 0.1) is 0 Å². The third-order valence-corrected chi connectivity index (χ3v) is 3.42. The number of aliphatic hydroxyl groups excluding tert-OH is 2. The summed E-state index contributed by atoms with van der Waals surface area (Å²) >= 11 is 9.09. The molecule has 0 heterocycles. The standard InChI is InChI=1S/C14H19BrClNO4/c1-14(2,3)21-13(20)17-7-11(18)12(19)9-5-4-8(16)6-10(9)15/h4-6,11-12,18-19H,7H2,1-3H3,(H,17,20). The predicted octanol–water partition coefficient (Wildman–Crippen LogP) is 3.02. The summed E-state index contributed by atoms with van der Waals surface area (Å²) in [4.78, 5) is 11.5. The molecule has 21 heavy (non-hydrogen) atoms. The van der Waals surface area contributed by atoms with Crippen molar-refractivity contribution in [1.82, 2.24) is 5.32 Å². The van der Waals surface area contributed by atoms with E-state index in [1.54, 1.807) is 39.0 Å². The number of alkyl carbamates (subject to hydrolysis) is 1. The average Bonchev–Trinajstić information content (AvgIpc) is 2.33. The first-order chi connectivity index (χ1) is 9.60. The van der Waals surface area contributed by atoms with Gasteiger partial charge in [-0.15, -0.1) is 0 Å². The molecule has 0 radical (unpaired) electrons. The summed E-state index contributed by atoms with van der Waals surface area (Å²) in [7, 11) is 0. The lowest BCUT2D eigenvalue weighted by Crippen LogP contribution is -2.38. The van der Waals surface area contributed by atoms with Gasteiger partial charge in [-0.2, -0.15) is 0 Å². The molecule has 3 N–H and O–H groups in total. The Balaban J connectivity index is 2.59. The van der Waals surface area contributed by atoms with Gasteiger partial charge >= 0.3 is 6.09 Å². The number of aliphatic hydroxyl groups is 2. The highest BCUT2D eigenvalue weighted by Crippen LogP contribution is 2.28. The highest BCUT2D eigenvalue weighted by Gasteiger charge is 2.23. The summed E-state index contributed by atoms with van der Waals surface area (Å²) in [5.41, 5.74) is -0.134. The number of carbonyl (C=O) groups is 1. The van der Waals surface area contributed by atoms with E-state index in [-0.39, 0.29) is 6.54 Å². The summed E-state index contributed by atoms with van der Waals surface area (Å²) in [5, 5.41) is 23.0. The van der Waals surface area contributed by atoms with Crippen LogP contribution in [-0.4, -0.2) is 34.6 Å². The van der Waals surface area contributed by atoms with Gasteiger partial charge in [-0.1, -0.05) is 33.6 Å². The number of ether oxygens (including phenoxy) is 1. The molecule has 0 aliphatic heterocycles. The van der Waals surface area contributed by atoms with E-state index in [0.29, 0.717) is 15.1 Å². The van der Waals surface area contributed by atoms with Gasteiger partial charge in [0.25, 0.3) is 0 Å². The van der Waals surface area contributed by atoms with Crippen LogP contribution >= 0.6 is 27.5 Å². The molecule has 0 fully saturated rings. The summed E-state index contributed by atoms with van der Waals surface area (Å²) in [6, 6.07) is 4.83. The molecule has 2 unspecified atom stereocenters. The number of rotatable bonds is 4. The van der Waals surface area contributed by atoms with Gasteiger partial charge in [-0.25, -0.2) is 4.79 Å². The molecule has 7 heteroatoms.